The van der Waals surface area contributed by atoms with Gasteiger partial charge in [0, 0.05) is 27.0 Å². The summed E-state index contributed by atoms with van der Waals surface area (Å²) in [6.45, 7) is 6.77. The monoisotopic (exact) mass is 254 g/mol. The van der Waals surface area contributed by atoms with Crippen molar-refractivity contribution in [1.82, 2.24) is 9.97 Å². The lowest BCUT2D eigenvalue weighted by molar-refractivity contribution is -0.109. The van der Waals surface area contributed by atoms with Crippen LogP contribution in [0.25, 0.3) is 0 Å². The van der Waals surface area contributed by atoms with Gasteiger partial charge in [-0.3, -0.25) is 0 Å². The average molecular weight is 254 g/mol. The predicted octanol–water partition coefficient (Wildman–Crippen LogP) is 2.50. The molecule has 0 radical (unpaired) electrons. The van der Waals surface area contributed by atoms with E-state index in [2.05, 4.69) is 23.8 Å². The van der Waals surface area contributed by atoms with Gasteiger partial charge in [-0.15, -0.1) is 0 Å². The minimum absolute atomic E-state index is 0.107. The van der Waals surface area contributed by atoms with Crippen molar-refractivity contribution in [3.05, 3.63) is 23.8 Å². The summed E-state index contributed by atoms with van der Waals surface area (Å²) in [5.41, 5.74) is 0.704. The molecule has 0 saturated heterocycles. The van der Waals surface area contributed by atoms with Crippen LogP contribution in [0.4, 0.5) is 0 Å². The Kier molecular flexibility index (Phi) is 6.18. The van der Waals surface area contributed by atoms with Crippen molar-refractivity contribution in [2.45, 2.75) is 33.2 Å². The molecular weight excluding hydrogens is 232 g/mol. The fraction of sp³-hybridized carbons (Fsp3) is 0.692. The van der Waals surface area contributed by atoms with Crippen LogP contribution in [0, 0.1) is 5.92 Å². The van der Waals surface area contributed by atoms with Crippen LogP contribution in [0.2, 0.25) is 0 Å². The lowest BCUT2D eigenvalue weighted by Gasteiger charge is -2.20. The van der Waals surface area contributed by atoms with E-state index in [1.165, 1.54) is 0 Å². The van der Waals surface area contributed by atoms with Crippen LogP contribution in [0.5, 0.6) is 0 Å². The van der Waals surface area contributed by atoms with Gasteiger partial charge in [-0.1, -0.05) is 13.8 Å². The molecule has 1 aromatic rings. The number of aromatic nitrogens is 2. The molecule has 0 aliphatic heterocycles. The Morgan fingerprint density at radius 1 is 1.22 bits per heavy atom. The summed E-state index contributed by atoms with van der Waals surface area (Å²) in [5.74, 6) is 0.979. The molecule has 1 aromatic heterocycles. The number of hydrogen-bond acceptors (Lipinski definition) is 5. The van der Waals surface area contributed by atoms with E-state index in [0.717, 1.165) is 0 Å². The Balaban J connectivity index is 2.98. The molecule has 0 amide bonds. The van der Waals surface area contributed by atoms with Gasteiger partial charge in [0.2, 0.25) is 6.29 Å². The van der Waals surface area contributed by atoms with Crippen molar-refractivity contribution in [2.75, 3.05) is 20.8 Å². The summed E-state index contributed by atoms with van der Waals surface area (Å²) in [6.07, 6.45) is 1.13. The molecule has 0 N–H and O–H groups in total. The third kappa shape index (κ3) is 3.73. The number of nitrogens with zero attached hydrogens (tertiary/aromatic N) is 2. The Labute approximate surface area is 108 Å². The quantitative estimate of drug-likeness (QED) is 0.700. The molecule has 0 aromatic carbocycles. The van der Waals surface area contributed by atoms with E-state index in [9.17, 15) is 0 Å². The summed E-state index contributed by atoms with van der Waals surface area (Å²) in [6, 6.07) is 1.78. The van der Waals surface area contributed by atoms with Gasteiger partial charge in [0.05, 0.1) is 0 Å². The Morgan fingerprint density at radius 3 is 2.39 bits per heavy atom. The van der Waals surface area contributed by atoms with E-state index in [1.807, 2.05) is 6.92 Å². The van der Waals surface area contributed by atoms with Crippen LogP contribution in [-0.4, -0.2) is 30.8 Å². The highest BCUT2D eigenvalue weighted by Crippen LogP contribution is 2.24. The first-order chi connectivity index (χ1) is 8.63. The first kappa shape index (κ1) is 15.0. The predicted molar refractivity (Wildman–Crippen MR) is 68.0 cm³/mol. The lowest BCUT2D eigenvalue weighted by atomic mass is 10.1. The van der Waals surface area contributed by atoms with Crippen LogP contribution < -0.4 is 0 Å². The SMILES string of the molecule is CCOC(c1nccc(C(OC)OC)n1)C(C)C. The fourth-order valence-corrected chi connectivity index (χ4v) is 1.74. The molecule has 102 valence electrons. The molecule has 5 nitrogen and oxygen atoms in total. The second-order valence-corrected chi connectivity index (χ2v) is 4.26. The van der Waals surface area contributed by atoms with Gasteiger partial charge in [-0.05, 0) is 18.9 Å². The Hall–Kier alpha value is -1.04. The van der Waals surface area contributed by atoms with E-state index in [4.69, 9.17) is 14.2 Å². The zero-order chi connectivity index (χ0) is 13.5. The van der Waals surface area contributed by atoms with Gasteiger partial charge in [0.15, 0.2) is 5.82 Å². The van der Waals surface area contributed by atoms with Crippen molar-refractivity contribution in [1.29, 1.82) is 0 Å². The molecule has 0 aliphatic carbocycles. The maximum Gasteiger partial charge on any atom is 0.200 e. The van der Waals surface area contributed by atoms with E-state index < -0.39 is 6.29 Å². The normalized spacial score (nSPS) is 13.3. The number of rotatable bonds is 7. The van der Waals surface area contributed by atoms with E-state index in [-0.39, 0.29) is 6.10 Å². The summed E-state index contributed by atoms with van der Waals surface area (Å²) in [4.78, 5) is 8.75. The van der Waals surface area contributed by atoms with Crippen molar-refractivity contribution in [3.63, 3.8) is 0 Å². The summed E-state index contributed by atoms with van der Waals surface area (Å²) < 4.78 is 16.1. The highest BCUT2D eigenvalue weighted by molar-refractivity contribution is 5.06. The van der Waals surface area contributed by atoms with Crippen LogP contribution in [0.3, 0.4) is 0 Å². The standard InChI is InChI=1S/C13H22N2O3/c1-6-18-11(9(2)3)12-14-8-7-10(15-12)13(16-4)17-5/h7-9,11,13H,6H2,1-5H3. The molecule has 0 saturated carbocycles. The number of hydrogen-bond donors (Lipinski definition) is 0. The summed E-state index contributed by atoms with van der Waals surface area (Å²) in [5, 5.41) is 0. The summed E-state index contributed by atoms with van der Waals surface area (Å²) in [7, 11) is 3.16. The third-order valence-electron chi connectivity index (χ3n) is 2.57. The maximum atomic E-state index is 5.68. The van der Waals surface area contributed by atoms with Crippen molar-refractivity contribution >= 4 is 0 Å². The second-order valence-electron chi connectivity index (χ2n) is 4.26. The average Bonchev–Trinajstić information content (AvgIpc) is 2.37. The fourth-order valence-electron chi connectivity index (χ4n) is 1.74. The molecule has 0 bridgehead atoms. The van der Waals surface area contributed by atoms with Gasteiger partial charge >= 0.3 is 0 Å². The molecule has 0 aliphatic rings. The topological polar surface area (TPSA) is 53.5 Å². The van der Waals surface area contributed by atoms with Crippen molar-refractivity contribution in [2.24, 2.45) is 5.92 Å². The molecule has 0 spiro atoms. The zero-order valence-corrected chi connectivity index (χ0v) is 11.7. The van der Waals surface area contributed by atoms with Crippen LogP contribution in [0.1, 0.15) is 44.7 Å². The molecular formula is C13H22N2O3. The molecule has 0 fully saturated rings. The molecule has 18 heavy (non-hydrogen) atoms. The van der Waals surface area contributed by atoms with Crippen LogP contribution >= 0.6 is 0 Å². The highest BCUT2D eigenvalue weighted by Gasteiger charge is 2.21. The molecule has 1 atom stereocenters. The van der Waals surface area contributed by atoms with E-state index >= 15 is 0 Å². The lowest BCUT2D eigenvalue weighted by Crippen LogP contribution is -2.16. The van der Waals surface area contributed by atoms with Crippen LogP contribution in [-0.2, 0) is 14.2 Å². The van der Waals surface area contributed by atoms with Gasteiger partial charge in [0.25, 0.3) is 0 Å². The zero-order valence-electron chi connectivity index (χ0n) is 11.7. The molecule has 1 rings (SSSR count). The van der Waals surface area contributed by atoms with Gasteiger partial charge in [0.1, 0.15) is 11.8 Å². The Bertz CT molecular complexity index is 354. The van der Waals surface area contributed by atoms with E-state index in [0.29, 0.717) is 24.0 Å². The highest BCUT2D eigenvalue weighted by atomic mass is 16.7. The first-order valence-corrected chi connectivity index (χ1v) is 6.14. The van der Waals surface area contributed by atoms with Crippen LogP contribution in [0.15, 0.2) is 12.3 Å². The third-order valence-corrected chi connectivity index (χ3v) is 2.57. The molecule has 1 unspecified atom stereocenters. The van der Waals surface area contributed by atoms with Gasteiger partial charge in [-0.2, -0.15) is 0 Å². The smallest absolute Gasteiger partial charge is 0.200 e. The summed E-state index contributed by atoms with van der Waals surface area (Å²) >= 11 is 0. The Morgan fingerprint density at radius 2 is 1.89 bits per heavy atom. The number of ether oxygens (including phenoxy) is 3. The molecule has 1 heterocycles. The second kappa shape index (κ2) is 7.41. The minimum atomic E-state index is -0.471. The van der Waals surface area contributed by atoms with Gasteiger partial charge in [-0.25, -0.2) is 9.97 Å². The minimum Gasteiger partial charge on any atom is -0.370 e. The first-order valence-electron chi connectivity index (χ1n) is 6.14. The van der Waals surface area contributed by atoms with Gasteiger partial charge < -0.3 is 14.2 Å². The van der Waals surface area contributed by atoms with Crippen molar-refractivity contribution < 1.29 is 14.2 Å². The maximum absolute atomic E-state index is 5.68. The van der Waals surface area contributed by atoms with Crippen molar-refractivity contribution in [3.8, 4) is 0 Å². The molecule has 5 heteroatoms. The largest absolute Gasteiger partial charge is 0.370 e. The van der Waals surface area contributed by atoms with E-state index in [1.54, 1.807) is 26.5 Å². The number of methoxy groups -OCH3 is 2.